The Morgan fingerprint density at radius 3 is 2.04 bits per heavy atom. The van der Waals surface area contributed by atoms with E-state index in [0.29, 0.717) is 0 Å². The minimum atomic E-state index is -4.36. The molecule has 0 amide bonds. The van der Waals surface area contributed by atoms with Crippen LogP contribution in [-0.4, -0.2) is 84.4 Å². The first-order valence-corrected chi connectivity index (χ1v) is 9.69. The molecule has 2 rings (SSSR count). The molecular weight excluding hydrogens is 349 g/mol. The summed E-state index contributed by atoms with van der Waals surface area (Å²) in [4.78, 5) is 10.1. The molecule has 0 saturated carbocycles. The largest absolute Gasteiger partial charge is 0.472 e. The highest BCUT2D eigenvalue weighted by molar-refractivity contribution is 7.47. The molecule has 4 radical (unpaired) electrons. The van der Waals surface area contributed by atoms with Crippen molar-refractivity contribution in [1.82, 2.24) is 0 Å². The molecule has 9 unspecified atom stereocenters. The Hall–Kier alpha value is 0.0799. The number of hydrogen-bond acceptors (Lipinski definition) is 7. The van der Waals surface area contributed by atoms with E-state index < -0.39 is 38.1 Å². The molecule has 0 aliphatic carbocycles. The van der Waals surface area contributed by atoms with Crippen molar-refractivity contribution >= 4 is 23.5 Å². The average Bonchev–Trinajstić information content (AvgIpc) is 2.97. The first kappa shape index (κ1) is 21.4. The fourth-order valence-electron chi connectivity index (χ4n) is 3.17. The minimum absolute atomic E-state index is 0.0649. The summed E-state index contributed by atoms with van der Waals surface area (Å²) in [6, 6.07) is -1.13. The second-order valence-electron chi connectivity index (χ2n) is 6.49. The van der Waals surface area contributed by atoms with Crippen molar-refractivity contribution in [2.75, 3.05) is 27.4 Å². The standard InChI is InChI=1S/C14H25B2O8P/c1-7-11(20-4)10(23-13(7)15)6-21-25(17,18)24-12-8(2)14(16)22-9(12)5-19-3/h7-14H,5-6H2,1-4H3,(H,17,18). The number of hydrogen-bond donors (Lipinski definition) is 1. The lowest BCUT2D eigenvalue weighted by atomic mass is 9.86. The molecule has 140 valence electrons. The third-order valence-corrected chi connectivity index (χ3v) is 5.71. The fourth-order valence-corrected chi connectivity index (χ4v) is 4.20. The molecule has 2 aliphatic heterocycles. The van der Waals surface area contributed by atoms with E-state index in [-0.39, 0.29) is 31.2 Å². The first-order valence-electron chi connectivity index (χ1n) is 8.19. The molecule has 2 aliphatic rings. The molecular formula is C14H25B2O8P. The average molecular weight is 374 g/mol. The van der Waals surface area contributed by atoms with Crippen LogP contribution in [0.25, 0.3) is 0 Å². The van der Waals surface area contributed by atoms with Crippen LogP contribution in [-0.2, 0) is 32.6 Å². The summed E-state index contributed by atoms with van der Waals surface area (Å²) in [6.07, 6.45) is -2.18. The number of methoxy groups -OCH3 is 2. The quantitative estimate of drug-likeness (QED) is 0.476. The monoisotopic (exact) mass is 374 g/mol. The molecule has 0 bridgehead atoms. The zero-order valence-electron chi connectivity index (χ0n) is 14.9. The topological polar surface area (TPSA) is 92.7 Å². The number of rotatable bonds is 8. The van der Waals surface area contributed by atoms with E-state index in [1.54, 1.807) is 6.92 Å². The summed E-state index contributed by atoms with van der Waals surface area (Å²) >= 11 is 0. The van der Waals surface area contributed by atoms with E-state index in [9.17, 15) is 9.46 Å². The highest BCUT2D eigenvalue weighted by Crippen LogP contribution is 2.49. The predicted octanol–water partition coefficient (Wildman–Crippen LogP) is 0.209. The van der Waals surface area contributed by atoms with E-state index in [1.807, 2.05) is 6.92 Å². The zero-order chi connectivity index (χ0) is 18.8. The highest BCUT2D eigenvalue weighted by Gasteiger charge is 2.45. The van der Waals surface area contributed by atoms with E-state index in [4.69, 9.17) is 43.7 Å². The zero-order valence-corrected chi connectivity index (χ0v) is 15.8. The second kappa shape index (κ2) is 8.85. The lowest BCUT2D eigenvalue weighted by Gasteiger charge is -2.25. The van der Waals surface area contributed by atoms with Crippen molar-refractivity contribution in [3.63, 3.8) is 0 Å². The highest BCUT2D eigenvalue weighted by atomic mass is 31.2. The number of phosphoric acid groups is 1. The van der Waals surface area contributed by atoms with Crippen molar-refractivity contribution in [2.45, 2.75) is 50.3 Å². The molecule has 8 nitrogen and oxygen atoms in total. The smallest absolute Gasteiger partial charge is 0.382 e. The summed E-state index contributed by atoms with van der Waals surface area (Å²) in [7, 11) is 10.3. The van der Waals surface area contributed by atoms with Crippen LogP contribution in [0.15, 0.2) is 0 Å². The maximum absolute atomic E-state index is 12.3. The van der Waals surface area contributed by atoms with Crippen LogP contribution in [0.4, 0.5) is 0 Å². The third kappa shape index (κ3) is 5.08. The van der Waals surface area contributed by atoms with Crippen molar-refractivity contribution < 1.29 is 37.5 Å². The fraction of sp³-hybridized carbons (Fsp3) is 1.00. The summed E-state index contributed by atoms with van der Waals surface area (Å²) in [5, 5.41) is 0. The Morgan fingerprint density at radius 1 is 1.00 bits per heavy atom. The van der Waals surface area contributed by atoms with Gasteiger partial charge in [0.1, 0.15) is 34.0 Å². The predicted molar refractivity (Wildman–Crippen MR) is 90.5 cm³/mol. The molecule has 2 fully saturated rings. The Morgan fingerprint density at radius 2 is 1.52 bits per heavy atom. The first-order chi connectivity index (χ1) is 11.7. The van der Waals surface area contributed by atoms with Crippen molar-refractivity contribution in [3.8, 4) is 0 Å². The summed E-state index contributed by atoms with van der Waals surface area (Å²) in [5.74, 6) is -0.364. The van der Waals surface area contributed by atoms with Gasteiger partial charge < -0.3 is 23.8 Å². The van der Waals surface area contributed by atoms with Gasteiger partial charge in [0.15, 0.2) is 0 Å². The maximum atomic E-state index is 12.3. The Bertz CT molecular complexity index is 484. The van der Waals surface area contributed by atoms with E-state index in [0.717, 1.165) is 0 Å². The van der Waals surface area contributed by atoms with E-state index in [2.05, 4.69) is 0 Å². The van der Waals surface area contributed by atoms with Gasteiger partial charge in [0.2, 0.25) is 0 Å². The van der Waals surface area contributed by atoms with Crippen LogP contribution >= 0.6 is 7.82 Å². The molecule has 0 aromatic rings. The van der Waals surface area contributed by atoms with Gasteiger partial charge in [0.05, 0.1) is 19.3 Å². The molecule has 1 N–H and O–H groups in total. The second-order valence-corrected chi connectivity index (χ2v) is 7.89. The molecule has 0 aromatic heterocycles. The van der Waals surface area contributed by atoms with Crippen molar-refractivity contribution in [2.24, 2.45) is 11.8 Å². The summed E-state index contributed by atoms with van der Waals surface area (Å²) in [5.41, 5.74) is 0. The lowest BCUT2D eigenvalue weighted by Crippen LogP contribution is -2.33. The van der Waals surface area contributed by atoms with Gasteiger partial charge in [-0.25, -0.2) is 4.57 Å². The summed E-state index contributed by atoms with van der Waals surface area (Å²) < 4.78 is 44.1. The van der Waals surface area contributed by atoms with Gasteiger partial charge in [-0.05, 0) is 0 Å². The van der Waals surface area contributed by atoms with Crippen LogP contribution < -0.4 is 0 Å². The van der Waals surface area contributed by atoms with Gasteiger partial charge in [-0.1, -0.05) is 13.8 Å². The van der Waals surface area contributed by atoms with Crippen LogP contribution in [0.5, 0.6) is 0 Å². The maximum Gasteiger partial charge on any atom is 0.472 e. The van der Waals surface area contributed by atoms with E-state index in [1.165, 1.54) is 14.2 Å². The molecule has 0 spiro atoms. The SMILES string of the molecule is [B]C1OC(COP(=O)(O)OC2C(COC)OC([B])C2C)C(OC)C1C. The van der Waals surface area contributed by atoms with Crippen LogP contribution in [0.3, 0.4) is 0 Å². The number of phosphoric ester groups is 1. The molecule has 25 heavy (non-hydrogen) atoms. The van der Waals surface area contributed by atoms with Crippen LogP contribution in [0.2, 0.25) is 0 Å². The lowest BCUT2D eigenvalue weighted by molar-refractivity contribution is -0.0389. The van der Waals surface area contributed by atoms with Crippen LogP contribution in [0.1, 0.15) is 13.8 Å². The molecule has 2 saturated heterocycles. The Kier molecular flexibility index (Phi) is 7.57. The minimum Gasteiger partial charge on any atom is -0.382 e. The van der Waals surface area contributed by atoms with Gasteiger partial charge in [-0.2, -0.15) is 0 Å². The van der Waals surface area contributed by atoms with E-state index >= 15 is 0 Å². The number of ether oxygens (including phenoxy) is 4. The Balaban J connectivity index is 1.94. The van der Waals surface area contributed by atoms with Crippen LogP contribution in [0, 0.1) is 11.8 Å². The van der Waals surface area contributed by atoms with Gasteiger partial charge in [0, 0.05) is 38.1 Å². The van der Waals surface area contributed by atoms with Crippen molar-refractivity contribution in [1.29, 1.82) is 0 Å². The van der Waals surface area contributed by atoms with Crippen molar-refractivity contribution in [3.05, 3.63) is 0 Å². The summed E-state index contributed by atoms with van der Waals surface area (Å²) in [6.45, 7) is 3.65. The third-order valence-electron chi connectivity index (χ3n) is 4.73. The van der Waals surface area contributed by atoms with Gasteiger partial charge >= 0.3 is 7.82 Å². The normalized spacial score (nSPS) is 44.0. The van der Waals surface area contributed by atoms with Gasteiger partial charge in [-0.3, -0.25) is 9.05 Å². The molecule has 11 heteroatoms. The molecule has 0 aromatic carbocycles. The molecule has 9 atom stereocenters. The molecule has 2 heterocycles. The van der Waals surface area contributed by atoms with Gasteiger partial charge in [-0.15, -0.1) is 0 Å². The Labute approximate surface area is 151 Å². The van der Waals surface area contributed by atoms with Gasteiger partial charge in [0.25, 0.3) is 0 Å².